The Morgan fingerprint density at radius 2 is 1.65 bits per heavy atom. The molecule has 1 aliphatic carbocycles. The number of amides is 3. The van der Waals surface area contributed by atoms with Crippen molar-refractivity contribution < 1.29 is 23.9 Å². The largest absolute Gasteiger partial charge is 0.452 e. The van der Waals surface area contributed by atoms with Crippen molar-refractivity contribution in [2.45, 2.75) is 32.1 Å². The number of para-hydroxylation sites is 1. The third-order valence-electron chi connectivity index (χ3n) is 5.41. The summed E-state index contributed by atoms with van der Waals surface area (Å²) >= 11 is 0. The molecule has 0 saturated heterocycles. The zero-order valence-corrected chi connectivity index (χ0v) is 18.8. The normalized spacial score (nSPS) is 12.9. The Hall–Kier alpha value is -4.14. The molecule has 2 aromatic carbocycles. The van der Waals surface area contributed by atoms with E-state index in [1.54, 1.807) is 18.2 Å². The Labute approximate surface area is 197 Å². The molecule has 6 N–H and O–H groups in total. The van der Waals surface area contributed by atoms with Gasteiger partial charge in [0.15, 0.2) is 6.61 Å². The molecular formula is C25H28N4O5. The van der Waals surface area contributed by atoms with E-state index in [-0.39, 0.29) is 16.8 Å². The topological polar surface area (TPSA) is 154 Å². The molecule has 3 rings (SSSR count). The molecule has 0 atom stereocenters. The molecule has 9 nitrogen and oxygen atoms in total. The molecule has 9 heteroatoms. The summed E-state index contributed by atoms with van der Waals surface area (Å²) < 4.78 is 5.17. The maximum Gasteiger partial charge on any atom is 0.340 e. The minimum atomic E-state index is -0.783. The van der Waals surface area contributed by atoms with Crippen LogP contribution in [0.3, 0.4) is 0 Å². The first-order chi connectivity index (χ1) is 16.3. The lowest BCUT2D eigenvalue weighted by Gasteiger charge is -2.15. The van der Waals surface area contributed by atoms with Gasteiger partial charge in [-0.1, -0.05) is 23.8 Å². The molecule has 0 spiro atoms. The summed E-state index contributed by atoms with van der Waals surface area (Å²) in [5.41, 5.74) is 13.0. The lowest BCUT2D eigenvalue weighted by Crippen LogP contribution is -2.22. The Kier molecular flexibility index (Phi) is 8.39. The van der Waals surface area contributed by atoms with Crippen LogP contribution in [0.4, 0.5) is 11.4 Å². The second-order valence-electron chi connectivity index (χ2n) is 7.98. The van der Waals surface area contributed by atoms with Gasteiger partial charge in [-0.3, -0.25) is 14.4 Å². The van der Waals surface area contributed by atoms with Crippen molar-refractivity contribution in [2.24, 2.45) is 11.5 Å². The molecule has 0 aliphatic heterocycles. The predicted molar refractivity (Wildman–Crippen MR) is 128 cm³/mol. The maximum absolute atomic E-state index is 12.6. The van der Waals surface area contributed by atoms with Gasteiger partial charge in [-0.15, -0.1) is 0 Å². The molecule has 3 amide bonds. The minimum Gasteiger partial charge on any atom is -0.452 e. The van der Waals surface area contributed by atoms with Gasteiger partial charge in [0.25, 0.3) is 5.91 Å². The van der Waals surface area contributed by atoms with Crippen molar-refractivity contribution in [3.8, 4) is 0 Å². The van der Waals surface area contributed by atoms with Crippen molar-refractivity contribution in [3.63, 3.8) is 0 Å². The van der Waals surface area contributed by atoms with Gasteiger partial charge in [-0.25, -0.2) is 4.79 Å². The highest BCUT2D eigenvalue weighted by Crippen LogP contribution is 2.21. The maximum atomic E-state index is 12.6. The molecule has 2 aromatic rings. The first-order valence-corrected chi connectivity index (χ1v) is 11.1. The molecule has 1 aliphatic rings. The van der Waals surface area contributed by atoms with Crippen LogP contribution in [-0.4, -0.2) is 36.8 Å². The van der Waals surface area contributed by atoms with Crippen LogP contribution < -0.4 is 22.1 Å². The summed E-state index contributed by atoms with van der Waals surface area (Å²) in [5, 5.41) is 5.74. The number of nitrogens with two attached hydrogens (primary N) is 2. The number of benzene rings is 2. The van der Waals surface area contributed by atoms with E-state index in [0.29, 0.717) is 17.8 Å². The summed E-state index contributed by atoms with van der Waals surface area (Å²) in [7, 11) is 0. The van der Waals surface area contributed by atoms with Gasteiger partial charge in [-0.2, -0.15) is 0 Å². The van der Waals surface area contributed by atoms with E-state index in [9.17, 15) is 19.2 Å². The molecule has 0 heterocycles. The Balaban J connectivity index is 1.57. The van der Waals surface area contributed by atoms with Crippen LogP contribution in [0.1, 0.15) is 63.2 Å². The number of carbonyl (C=O) groups is 4. The highest BCUT2D eigenvalue weighted by molar-refractivity contribution is 6.02. The minimum absolute atomic E-state index is 0.00702. The fraction of sp³-hybridized carbons (Fsp3) is 0.280. The van der Waals surface area contributed by atoms with E-state index in [1.165, 1.54) is 36.6 Å². The molecule has 0 aromatic heterocycles. The summed E-state index contributed by atoms with van der Waals surface area (Å²) in [6, 6.07) is 10.8. The number of carbonyl (C=O) groups excluding carboxylic acids is 4. The average molecular weight is 465 g/mol. The monoisotopic (exact) mass is 464 g/mol. The number of hydrogen-bond acceptors (Lipinski definition) is 6. The SMILES string of the molecule is NC(=O)c1cc(NC(=O)COC(=O)c2ccccc2NCCC2=CCCCC2)cc(C(N)=O)c1. The molecule has 0 unspecified atom stereocenters. The zero-order chi connectivity index (χ0) is 24.5. The van der Waals surface area contributed by atoms with E-state index in [0.717, 1.165) is 19.3 Å². The van der Waals surface area contributed by atoms with Gasteiger partial charge in [-0.05, 0) is 62.4 Å². The number of rotatable bonds is 10. The molecule has 0 saturated carbocycles. The highest BCUT2D eigenvalue weighted by atomic mass is 16.5. The van der Waals surface area contributed by atoms with Crippen molar-refractivity contribution in [1.82, 2.24) is 0 Å². The lowest BCUT2D eigenvalue weighted by atomic mass is 9.97. The Bertz CT molecular complexity index is 1090. The lowest BCUT2D eigenvalue weighted by molar-refractivity contribution is -0.119. The summed E-state index contributed by atoms with van der Waals surface area (Å²) in [4.78, 5) is 47.8. The summed E-state index contributed by atoms with van der Waals surface area (Å²) in [5.74, 6) is -2.87. The number of anilines is 2. The average Bonchev–Trinajstić information content (AvgIpc) is 2.83. The van der Waals surface area contributed by atoms with Gasteiger partial charge in [0.05, 0.1) is 5.56 Å². The van der Waals surface area contributed by atoms with Gasteiger partial charge in [0.1, 0.15) is 0 Å². The Morgan fingerprint density at radius 1 is 0.941 bits per heavy atom. The van der Waals surface area contributed by atoms with E-state index in [1.807, 2.05) is 6.07 Å². The standard InChI is InChI=1S/C25H28N4O5/c26-23(31)17-12-18(24(27)32)14-19(13-17)29-22(30)15-34-25(33)20-8-4-5-9-21(20)28-11-10-16-6-2-1-3-7-16/h4-6,8-9,12-14,28H,1-3,7,10-11,15H2,(H2,26,31)(H2,27,32)(H,29,30). The van der Waals surface area contributed by atoms with Gasteiger partial charge >= 0.3 is 5.97 Å². The van der Waals surface area contributed by atoms with E-state index < -0.39 is 30.3 Å². The summed E-state index contributed by atoms with van der Waals surface area (Å²) in [6.45, 7) is 0.127. The van der Waals surface area contributed by atoms with Crippen molar-refractivity contribution in [2.75, 3.05) is 23.8 Å². The van der Waals surface area contributed by atoms with Crippen molar-refractivity contribution in [1.29, 1.82) is 0 Å². The first kappa shape index (κ1) is 24.5. The van der Waals surface area contributed by atoms with E-state index >= 15 is 0 Å². The molecule has 0 radical (unpaired) electrons. The summed E-state index contributed by atoms with van der Waals surface area (Å²) in [6.07, 6.45) is 7.88. The number of ether oxygens (including phenoxy) is 1. The van der Waals surface area contributed by atoms with E-state index in [2.05, 4.69) is 16.7 Å². The highest BCUT2D eigenvalue weighted by Gasteiger charge is 2.16. The molecule has 34 heavy (non-hydrogen) atoms. The fourth-order valence-electron chi connectivity index (χ4n) is 3.69. The quantitative estimate of drug-likeness (QED) is 0.313. The molecule has 0 fully saturated rings. The second-order valence-corrected chi connectivity index (χ2v) is 7.98. The molecular weight excluding hydrogens is 436 g/mol. The second kappa shape index (κ2) is 11.6. The third-order valence-corrected chi connectivity index (χ3v) is 5.41. The van der Waals surface area contributed by atoms with Crippen LogP contribution in [0.2, 0.25) is 0 Å². The van der Waals surface area contributed by atoms with Crippen LogP contribution in [-0.2, 0) is 9.53 Å². The molecule has 178 valence electrons. The Morgan fingerprint density at radius 3 is 2.29 bits per heavy atom. The van der Waals surface area contributed by atoms with Gasteiger partial charge in [0, 0.05) is 29.0 Å². The van der Waals surface area contributed by atoms with Crippen LogP contribution in [0.15, 0.2) is 54.1 Å². The molecule has 0 bridgehead atoms. The van der Waals surface area contributed by atoms with E-state index in [4.69, 9.17) is 16.2 Å². The number of hydrogen-bond donors (Lipinski definition) is 4. The van der Waals surface area contributed by atoms with Crippen molar-refractivity contribution >= 4 is 35.1 Å². The predicted octanol–water partition coefficient (Wildman–Crippen LogP) is 2.98. The van der Waals surface area contributed by atoms with Gasteiger partial charge in [0.2, 0.25) is 11.8 Å². The fourth-order valence-corrected chi connectivity index (χ4v) is 3.69. The first-order valence-electron chi connectivity index (χ1n) is 11.1. The van der Waals surface area contributed by atoms with Crippen LogP contribution in [0, 0.1) is 0 Å². The van der Waals surface area contributed by atoms with Gasteiger partial charge < -0.3 is 26.8 Å². The smallest absolute Gasteiger partial charge is 0.340 e. The van der Waals surface area contributed by atoms with Crippen LogP contribution in [0.5, 0.6) is 0 Å². The van der Waals surface area contributed by atoms with Crippen LogP contribution >= 0.6 is 0 Å². The third kappa shape index (κ3) is 6.93. The number of nitrogens with one attached hydrogen (secondary N) is 2. The number of esters is 1. The van der Waals surface area contributed by atoms with Crippen molar-refractivity contribution in [3.05, 3.63) is 70.8 Å². The zero-order valence-electron chi connectivity index (χ0n) is 18.8. The number of primary amides is 2. The van der Waals surface area contributed by atoms with Crippen LogP contribution in [0.25, 0.3) is 0 Å². The number of allylic oxidation sites excluding steroid dienone is 1.